The van der Waals surface area contributed by atoms with Gasteiger partial charge < -0.3 is 24.4 Å². The number of carbonyl (C=O) groups excluding carboxylic acids is 3. The molecule has 3 rings (SSSR count). The van der Waals surface area contributed by atoms with Crippen molar-refractivity contribution in [2.24, 2.45) is 5.92 Å². The molecule has 2 fully saturated rings. The Kier molecular flexibility index (Phi) is 10.00. The van der Waals surface area contributed by atoms with E-state index < -0.39 is 29.3 Å². The molecule has 1 N–H and O–H groups in total. The molecule has 0 radical (unpaired) electrons. The van der Waals surface area contributed by atoms with Crippen LogP contribution in [0.1, 0.15) is 64.0 Å². The summed E-state index contributed by atoms with van der Waals surface area (Å²) in [6.45, 7) is 7.83. The number of methoxy groups -OCH3 is 1. The molecule has 0 bridgehead atoms. The summed E-state index contributed by atoms with van der Waals surface area (Å²) in [5.74, 6) is 6.53. The lowest BCUT2D eigenvalue weighted by Gasteiger charge is -2.43. The van der Waals surface area contributed by atoms with Gasteiger partial charge in [-0.05, 0) is 95.4 Å². The largest absolute Gasteiger partial charge is 0.453 e. The highest BCUT2D eigenvalue weighted by molar-refractivity contribution is 7.98. The molecule has 1 heterocycles. The maximum Gasteiger partial charge on any atom is 0.409 e. The summed E-state index contributed by atoms with van der Waals surface area (Å²) in [6, 6.07) is 6.84. The lowest BCUT2D eigenvalue weighted by Crippen LogP contribution is -2.54. The molecule has 1 aromatic rings. The number of hydrogen-bond donors (Lipinski definition) is 1. The number of thioether (sulfide) groups is 1. The second-order valence-electron chi connectivity index (χ2n) is 10.9. The summed E-state index contributed by atoms with van der Waals surface area (Å²) < 4.78 is 16.7. The molecule has 0 aromatic heterocycles. The van der Waals surface area contributed by atoms with Gasteiger partial charge in [0.2, 0.25) is 0 Å². The van der Waals surface area contributed by atoms with Crippen molar-refractivity contribution >= 4 is 29.9 Å². The number of amides is 2. The second kappa shape index (κ2) is 12.8. The molecular weight excluding hydrogens is 504 g/mol. The standard InChI is InChI=1S/C29H40N2O6S/c1-20-9-7-10-21(19-20)12-16-29(15-8-11-24-22(29)13-17-31(24)27(34)35-5)36-25(32)23(14-18-38-6)30-26(33)37-28(2,3)4/h7,9-10,19,22-24H,8,11,13-15,17-18H2,1-6H3,(H,30,33)/t22-,23+,24-,29-/m1/s1. The van der Waals surface area contributed by atoms with Crippen LogP contribution in [0.15, 0.2) is 24.3 Å². The van der Waals surface area contributed by atoms with Crippen molar-refractivity contribution in [2.75, 3.05) is 25.7 Å². The van der Waals surface area contributed by atoms with Crippen LogP contribution < -0.4 is 5.32 Å². The normalized spacial score (nSPS) is 23.4. The Morgan fingerprint density at radius 1 is 1.26 bits per heavy atom. The van der Waals surface area contributed by atoms with Crippen LogP contribution in [0, 0.1) is 24.7 Å². The van der Waals surface area contributed by atoms with Crippen LogP contribution in [0.3, 0.4) is 0 Å². The Morgan fingerprint density at radius 3 is 2.68 bits per heavy atom. The third-order valence-electron chi connectivity index (χ3n) is 6.91. The minimum Gasteiger partial charge on any atom is -0.453 e. The van der Waals surface area contributed by atoms with Crippen LogP contribution in [-0.2, 0) is 19.0 Å². The van der Waals surface area contributed by atoms with Crippen molar-refractivity contribution in [2.45, 2.75) is 83.1 Å². The van der Waals surface area contributed by atoms with Gasteiger partial charge in [0.25, 0.3) is 0 Å². The van der Waals surface area contributed by atoms with Crippen molar-refractivity contribution in [3.8, 4) is 11.8 Å². The van der Waals surface area contributed by atoms with Crippen LogP contribution in [0.25, 0.3) is 0 Å². The van der Waals surface area contributed by atoms with Gasteiger partial charge in [0, 0.05) is 24.1 Å². The van der Waals surface area contributed by atoms with E-state index in [1.807, 2.05) is 37.4 Å². The van der Waals surface area contributed by atoms with E-state index in [1.165, 1.54) is 7.11 Å². The first-order valence-electron chi connectivity index (χ1n) is 13.1. The molecule has 0 unspecified atom stereocenters. The Balaban J connectivity index is 1.94. The molecule has 1 aliphatic carbocycles. The van der Waals surface area contributed by atoms with Crippen LogP contribution >= 0.6 is 11.8 Å². The number of nitrogens with one attached hydrogen (secondary N) is 1. The number of aryl methyl sites for hydroxylation is 1. The number of hydrogen-bond acceptors (Lipinski definition) is 7. The van der Waals surface area contributed by atoms with Gasteiger partial charge in [-0.1, -0.05) is 18.1 Å². The minimum atomic E-state index is -1.10. The summed E-state index contributed by atoms with van der Waals surface area (Å²) in [4.78, 5) is 40.4. The number of rotatable bonds is 6. The first-order chi connectivity index (χ1) is 18.0. The van der Waals surface area contributed by atoms with Gasteiger partial charge in [-0.15, -0.1) is 0 Å². The van der Waals surface area contributed by atoms with Crippen molar-refractivity contribution in [3.05, 3.63) is 35.4 Å². The van der Waals surface area contributed by atoms with Gasteiger partial charge in [0.05, 0.1) is 7.11 Å². The molecular formula is C29H40N2O6S. The third-order valence-corrected chi connectivity index (χ3v) is 7.55. The van der Waals surface area contributed by atoms with E-state index in [2.05, 4.69) is 17.2 Å². The lowest BCUT2D eigenvalue weighted by molar-refractivity contribution is -0.165. The molecule has 4 atom stereocenters. The van der Waals surface area contributed by atoms with Gasteiger partial charge in [0.15, 0.2) is 5.60 Å². The fourth-order valence-electron chi connectivity index (χ4n) is 5.25. The Bertz CT molecular complexity index is 1070. The van der Waals surface area contributed by atoms with E-state index in [-0.39, 0.29) is 18.1 Å². The quantitative estimate of drug-likeness (QED) is 0.309. The number of esters is 1. The van der Waals surface area contributed by atoms with Crippen molar-refractivity contribution in [1.29, 1.82) is 0 Å². The number of benzene rings is 1. The van der Waals surface area contributed by atoms with Crippen molar-refractivity contribution in [1.82, 2.24) is 10.2 Å². The highest BCUT2D eigenvalue weighted by Crippen LogP contribution is 2.45. The molecule has 1 aliphatic heterocycles. The number of carbonyl (C=O) groups is 3. The molecule has 0 spiro atoms. The topological polar surface area (TPSA) is 94.2 Å². The zero-order chi connectivity index (χ0) is 27.9. The molecule has 38 heavy (non-hydrogen) atoms. The first-order valence-corrected chi connectivity index (χ1v) is 14.5. The molecule has 1 aromatic carbocycles. The maximum atomic E-state index is 13.7. The fourth-order valence-corrected chi connectivity index (χ4v) is 5.72. The molecule has 1 saturated heterocycles. The minimum absolute atomic E-state index is 0.140. The van der Waals surface area contributed by atoms with Crippen LogP contribution in [0.4, 0.5) is 9.59 Å². The Hall–Kier alpha value is -2.86. The van der Waals surface area contributed by atoms with Crippen molar-refractivity contribution in [3.63, 3.8) is 0 Å². The van der Waals surface area contributed by atoms with E-state index in [0.29, 0.717) is 31.6 Å². The molecule has 2 amide bonds. The number of fused-ring (bicyclic) bond motifs is 1. The van der Waals surface area contributed by atoms with Crippen molar-refractivity contribution < 1.29 is 28.6 Å². The summed E-state index contributed by atoms with van der Waals surface area (Å²) in [5.41, 5.74) is 0.118. The summed E-state index contributed by atoms with van der Waals surface area (Å²) >= 11 is 1.58. The van der Waals surface area contributed by atoms with Gasteiger partial charge >= 0.3 is 18.2 Å². The maximum absolute atomic E-state index is 13.7. The number of likely N-dealkylation sites (tertiary alicyclic amines) is 1. The average Bonchev–Trinajstić information content (AvgIpc) is 3.29. The van der Waals surface area contributed by atoms with E-state index in [0.717, 1.165) is 24.0 Å². The van der Waals surface area contributed by atoms with Crippen LogP contribution in [0.5, 0.6) is 0 Å². The fraction of sp³-hybridized carbons (Fsp3) is 0.621. The van der Waals surface area contributed by atoms with E-state index >= 15 is 0 Å². The monoisotopic (exact) mass is 544 g/mol. The third kappa shape index (κ3) is 7.59. The number of ether oxygens (including phenoxy) is 3. The first kappa shape index (κ1) is 29.7. The number of nitrogens with zero attached hydrogens (tertiary/aromatic N) is 1. The second-order valence-corrected chi connectivity index (χ2v) is 11.9. The van der Waals surface area contributed by atoms with E-state index in [1.54, 1.807) is 37.4 Å². The zero-order valence-electron chi connectivity index (χ0n) is 23.3. The predicted molar refractivity (Wildman–Crippen MR) is 148 cm³/mol. The lowest BCUT2D eigenvalue weighted by atomic mass is 9.72. The molecule has 208 valence electrons. The molecule has 2 aliphatic rings. The van der Waals surface area contributed by atoms with E-state index in [9.17, 15) is 14.4 Å². The van der Waals surface area contributed by atoms with Gasteiger partial charge in [0.1, 0.15) is 11.6 Å². The highest BCUT2D eigenvalue weighted by atomic mass is 32.2. The Labute approximate surface area is 230 Å². The van der Waals surface area contributed by atoms with Crippen LogP contribution in [0.2, 0.25) is 0 Å². The Morgan fingerprint density at radius 2 is 2.03 bits per heavy atom. The molecule has 1 saturated carbocycles. The van der Waals surface area contributed by atoms with Gasteiger partial charge in [-0.25, -0.2) is 14.4 Å². The summed E-state index contributed by atoms with van der Waals surface area (Å²) in [7, 11) is 1.38. The van der Waals surface area contributed by atoms with E-state index in [4.69, 9.17) is 14.2 Å². The zero-order valence-corrected chi connectivity index (χ0v) is 24.1. The SMILES string of the molecule is COC(=O)N1CC[C@@H]2[C@H]1CCC[C@]2(C#Cc1cccc(C)c1)OC(=O)[C@H](CCSC)NC(=O)OC(C)(C)C. The summed E-state index contributed by atoms with van der Waals surface area (Å²) in [6.07, 6.45) is 4.01. The highest BCUT2D eigenvalue weighted by Gasteiger charge is 2.54. The van der Waals surface area contributed by atoms with Gasteiger partial charge in [-0.2, -0.15) is 11.8 Å². The average molecular weight is 545 g/mol. The molecule has 8 nitrogen and oxygen atoms in total. The molecule has 9 heteroatoms. The summed E-state index contributed by atoms with van der Waals surface area (Å²) in [5, 5.41) is 2.71. The van der Waals surface area contributed by atoms with Crippen LogP contribution in [-0.4, -0.2) is 72.0 Å². The smallest absolute Gasteiger partial charge is 0.409 e. The predicted octanol–water partition coefficient (Wildman–Crippen LogP) is 4.92. The number of alkyl carbamates (subject to hydrolysis) is 1. The van der Waals surface area contributed by atoms with Gasteiger partial charge in [-0.3, -0.25) is 0 Å².